The highest BCUT2D eigenvalue weighted by atomic mass is 16.6. The van der Waals surface area contributed by atoms with E-state index in [-0.39, 0.29) is 17.4 Å². The molecule has 5 nitrogen and oxygen atoms in total. The summed E-state index contributed by atoms with van der Waals surface area (Å²) in [5.74, 6) is 0.435. The van der Waals surface area contributed by atoms with Gasteiger partial charge in [0.15, 0.2) is 6.29 Å². The van der Waals surface area contributed by atoms with E-state index in [1.165, 1.54) is 31.4 Å². The van der Waals surface area contributed by atoms with E-state index in [2.05, 4.69) is 6.92 Å². The maximum Gasteiger partial charge on any atom is 0.283 e. The molecule has 5 heteroatoms. The van der Waals surface area contributed by atoms with Gasteiger partial charge < -0.3 is 4.74 Å². The van der Waals surface area contributed by atoms with Crippen molar-refractivity contribution in [2.75, 3.05) is 0 Å². The van der Waals surface area contributed by atoms with Gasteiger partial charge in [-0.1, -0.05) is 26.2 Å². The van der Waals surface area contributed by atoms with Crippen LogP contribution >= 0.6 is 0 Å². The molecule has 0 aliphatic rings. The van der Waals surface area contributed by atoms with Gasteiger partial charge in [-0.2, -0.15) is 0 Å². The van der Waals surface area contributed by atoms with Crippen LogP contribution in [0, 0.1) is 10.1 Å². The molecule has 0 spiro atoms. The summed E-state index contributed by atoms with van der Waals surface area (Å²) in [4.78, 5) is 21.0. The van der Waals surface area contributed by atoms with E-state index in [4.69, 9.17) is 4.74 Å². The quantitative estimate of drug-likeness (QED) is 0.295. The van der Waals surface area contributed by atoms with Gasteiger partial charge in [0.25, 0.3) is 5.69 Å². The highest BCUT2D eigenvalue weighted by Gasteiger charge is 2.15. The van der Waals surface area contributed by atoms with E-state index in [9.17, 15) is 14.9 Å². The second kappa shape index (κ2) is 8.30. The molecule has 1 rings (SSSR count). The molecule has 1 atom stereocenters. The zero-order valence-electron chi connectivity index (χ0n) is 12.0. The van der Waals surface area contributed by atoms with Crippen LogP contribution < -0.4 is 4.74 Å². The number of benzene rings is 1. The molecular weight excluding hydrogens is 258 g/mol. The lowest BCUT2D eigenvalue weighted by molar-refractivity contribution is -0.385. The summed E-state index contributed by atoms with van der Waals surface area (Å²) in [6.07, 6.45) is 6.08. The largest absolute Gasteiger partial charge is 0.490 e. The van der Waals surface area contributed by atoms with E-state index >= 15 is 0 Å². The summed E-state index contributed by atoms with van der Waals surface area (Å²) in [6, 6.07) is 4.33. The van der Waals surface area contributed by atoms with Gasteiger partial charge in [-0.25, -0.2) is 0 Å². The molecule has 20 heavy (non-hydrogen) atoms. The second-order valence-corrected chi connectivity index (χ2v) is 4.87. The first-order valence-corrected chi connectivity index (χ1v) is 6.98. The van der Waals surface area contributed by atoms with E-state index in [0.29, 0.717) is 12.0 Å². The maximum absolute atomic E-state index is 10.9. The number of nitro benzene ring substituents is 1. The molecule has 0 fully saturated rings. The van der Waals surface area contributed by atoms with Gasteiger partial charge in [-0.15, -0.1) is 0 Å². The van der Waals surface area contributed by atoms with Crippen molar-refractivity contribution in [1.82, 2.24) is 0 Å². The number of nitro groups is 1. The average Bonchev–Trinajstić information content (AvgIpc) is 2.43. The van der Waals surface area contributed by atoms with Crippen molar-refractivity contribution in [3.05, 3.63) is 33.9 Å². The zero-order valence-corrected chi connectivity index (χ0v) is 12.0. The third kappa shape index (κ3) is 4.99. The summed E-state index contributed by atoms with van der Waals surface area (Å²) in [6.45, 7) is 4.11. The van der Waals surface area contributed by atoms with Crippen LogP contribution in [0.2, 0.25) is 0 Å². The molecule has 0 aliphatic heterocycles. The van der Waals surface area contributed by atoms with Crippen LogP contribution in [0.4, 0.5) is 5.69 Å². The average molecular weight is 279 g/mol. The molecule has 110 valence electrons. The lowest BCUT2D eigenvalue weighted by atomic mass is 10.1. The van der Waals surface area contributed by atoms with Crippen molar-refractivity contribution in [2.45, 2.75) is 52.1 Å². The van der Waals surface area contributed by atoms with Crippen LogP contribution in [0.15, 0.2) is 18.2 Å². The Labute approximate surface area is 119 Å². The minimum Gasteiger partial charge on any atom is -0.490 e. The second-order valence-electron chi connectivity index (χ2n) is 4.87. The van der Waals surface area contributed by atoms with Gasteiger partial charge in [0.05, 0.1) is 22.7 Å². The third-order valence-electron chi connectivity index (χ3n) is 3.13. The van der Waals surface area contributed by atoms with Crippen molar-refractivity contribution in [2.24, 2.45) is 0 Å². The Kier molecular flexibility index (Phi) is 6.70. The molecule has 0 bridgehead atoms. The van der Waals surface area contributed by atoms with E-state index in [0.717, 1.165) is 12.8 Å². The van der Waals surface area contributed by atoms with E-state index < -0.39 is 4.92 Å². The Bertz CT molecular complexity index is 459. The normalized spacial score (nSPS) is 11.9. The molecule has 0 aliphatic carbocycles. The number of carbonyl (C=O) groups excluding carboxylic acids is 1. The highest BCUT2D eigenvalue weighted by Crippen LogP contribution is 2.25. The lowest BCUT2D eigenvalue weighted by Crippen LogP contribution is -2.11. The first-order valence-electron chi connectivity index (χ1n) is 6.98. The first kappa shape index (κ1) is 16.1. The number of hydrogen-bond donors (Lipinski definition) is 0. The molecule has 0 aromatic heterocycles. The predicted octanol–water partition coefficient (Wildman–Crippen LogP) is 4.15. The van der Waals surface area contributed by atoms with Crippen LogP contribution in [0.1, 0.15) is 56.3 Å². The summed E-state index contributed by atoms with van der Waals surface area (Å²) in [7, 11) is 0. The lowest BCUT2D eigenvalue weighted by Gasteiger charge is -2.14. The molecule has 1 unspecified atom stereocenters. The molecular formula is C15H21NO4. The molecule has 0 saturated carbocycles. The van der Waals surface area contributed by atoms with E-state index in [1.807, 2.05) is 6.92 Å². The Hall–Kier alpha value is -1.91. The fraction of sp³-hybridized carbons (Fsp3) is 0.533. The number of aldehydes is 1. The molecule has 0 radical (unpaired) electrons. The Balaban J connectivity index is 2.61. The molecule has 0 N–H and O–H groups in total. The molecule has 1 aromatic carbocycles. The van der Waals surface area contributed by atoms with Crippen LogP contribution in [0.25, 0.3) is 0 Å². The van der Waals surface area contributed by atoms with Crippen molar-refractivity contribution < 1.29 is 14.5 Å². The molecule has 1 aromatic rings. The molecule has 0 heterocycles. The minimum atomic E-state index is -0.567. The van der Waals surface area contributed by atoms with Gasteiger partial charge in [-0.05, 0) is 31.9 Å². The summed E-state index contributed by atoms with van der Waals surface area (Å²) < 4.78 is 5.66. The Morgan fingerprint density at radius 3 is 2.70 bits per heavy atom. The summed E-state index contributed by atoms with van der Waals surface area (Å²) in [5.41, 5.74) is -0.145. The van der Waals surface area contributed by atoms with Gasteiger partial charge in [0, 0.05) is 0 Å². The van der Waals surface area contributed by atoms with Crippen LogP contribution in [-0.2, 0) is 0 Å². The number of carbonyl (C=O) groups is 1. The first-order chi connectivity index (χ1) is 9.58. The number of unbranched alkanes of at least 4 members (excludes halogenated alkanes) is 3. The Morgan fingerprint density at radius 2 is 2.10 bits per heavy atom. The van der Waals surface area contributed by atoms with Gasteiger partial charge in [0.2, 0.25) is 0 Å². The van der Waals surface area contributed by atoms with Crippen molar-refractivity contribution in [1.29, 1.82) is 0 Å². The zero-order chi connectivity index (χ0) is 15.0. The smallest absolute Gasteiger partial charge is 0.283 e. The van der Waals surface area contributed by atoms with Gasteiger partial charge in [0.1, 0.15) is 5.75 Å². The number of ether oxygens (including phenoxy) is 1. The predicted molar refractivity (Wildman–Crippen MR) is 77.3 cm³/mol. The maximum atomic E-state index is 10.9. The topological polar surface area (TPSA) is 69.4 Å². The standard InChI is InChI=1S/C15H21NO4/c1-3-4-5-6-7-12(2)20-14-9-8-13(11-17)15(10-14)16(18)19/h8-12H,3-7H2,1-2H3. The monoisotopic (exact) mass is 279 g/mol. The number of rotatable bonds is 9. The fourth-order valence-electron chi connectivity index (χ4n) is 2.00. The van der Waals surface area contributed by atoms with Gasteiger partial charge in [-0.3, -0.25) is 14.9 Å². The van der Waals surface area contributed by atoms with Crippen LogP contribution in [-0.4, -0.2) is 17.3 Å². The van der Waals surface area contributed by atoms with Crippen LogP contribution in [0.3, 0.4) is 0 Å². The molecule has 0 amide bonds. The Morgan fingerprint density at radius 1 is 1.35 bits per heavy atom. The van der Waals surface area contributed by atoms with Crippen molar-refractivity contribution >= 4 is 12.0 Å². The number of hydrogen-bond acceptors (Lipinski definition) is 4. The van der Waals surface area contributed by atoms with Crippen molar-refractivity contribution in [3.8, 4) is 5.75 Å². The molecule has 0 saturated heterocycles. The van der Waals surface area contributed by atoms with Crippen molar-refractivity contribution in [3.63, 3.8) is 0 Å². The summed E-state index contributed by atoms with van der Waals surface area (Å²) >= 11 is 0. The third-order valence-corrected chi connectivity index (χ3v) is 3.13. The fourth-order valence-corrected chi connectivity index (χ4v) is 2.00. The van der Waals surface area contributed by atoms with Gasteiger partial charge >= 0.3 is 0 Å². The van der Waals surface area contributed by atoms with E-state index in [1.54, 1.807) is 6.07 Å². The highest BCUT2D eigenvalue weighted by molar-refractivity contribution is 5.81. The van der Waals surface area contributed by atoms with Crippen LogP contribution in [0.5, 0.6) is 5.75 Å². The SMILES string of the molecule is CCCCCCC(C)Oc1ccc(C=O)c([N+](=O)[O-])c1. The number of nitrogens with zero attached hydrogens (tertiary/aromatic N) is 1. The summed E-state index contributed by atoms with van der Waals surface area (Å²) in [5, 5.41) is 10.9. The minimum absolute atomic E-state index is 0.00791.